The van der Waals surface area contributed by atoms with Crippen LogP contribution in [0.5, 0.6) is 0 Å². The number of amides is 1. The second-order valence-corrected chi connectivity index (χ2v) is 7.94. The highest BCUT2D eigenvalue weighted by molar-refractivity contribution is 5.69. The number of aryl methyl sites for hydroxylation is 1. The van der Waals surface area contributed by atoms with Crippen molar-refractivity contribution in [1.29, 1.82) is 0 Å². The minimum Gasteiger partial charge on any atom is -0.444 e. The highest BCUT2D eigenvalue weighted by atomic mass is 16.6. The normalized spacial score (nSPS) is 17.6. The number of hydrogen-bond donors (Lipinski definition) is 1. The SMILES string of the molecule is Cc1cn2cnnc2c(N2CCC(C)(NC(=O)OC(C)(C)C)CC2)n1. The summed E-state index contributed by atoms with van der Waals surface area (Å²) in [6, 6.07) is 0. The van der Waals surface area contributed by atoms with Gasteiger partial charge in [-0.25, -0.2) is 9.78 Å². The Balaban J connectivity index is 1.68. The van der Waals surface area contributed by atoms with Crippen LogP contribution in [0.4, 0.5) is 10.6 Å². The van der Waals surface area contributed by atoms with Crippen molar-refractivity contribution in [2.24, 2.45) is 0 Å². The van der Waals surface area contributed by atoms with Crippen molar-refractivity contribution in [3.8, 4) is 0 Å². The van der Waals surface area contributed by atoms with Gasteiger partial charge in [0.15, 0.2) is 5.82 Å². The van der Waals surface area contributed by atoms with E-state index in [2.05, 4.69) is 32.3 Å². The molecule has 25 heavy (non-hydrogen) atoms. The molecule has 3 rings (SSSR count). The van der Waals surface area contributed by atoms with E-state index in [1.165, 1.54) is 0 Å². The summed E-state index contributed by atoms with van der Waals surface area (Å²) in [5, 5.41) is 11.2. The molecule has 8 nitrogen and oxygen atoms in total. The molecule has 0 radical (unpaired) electrons. The standard InChI is InChI=1S/C17H26N6O2/c1-12-10-23-11-18-21-14(23)13(19-12)22-8-6-17(5,7-9-22)20-15(24)25-16(2,3)4/h10-11H,6-9H2,1-5H3,(H,20,24). The van der Waals surface area contributed by atoms with Gasteiger partial charge in [0.25, 0.3) is 0 Å². The third-order valence-corrected chi connectivity index (χ3v) is 4.35. The number of aromatic nitrogens is 4. The zero-order valence-corrected chi connectivity index (χ0v) is 15.5. The first-order valence-corrected chi connectivity index (χ1v) is 8.58. The fourth-order valence-electron chi connectivity index (χ4n) is 3.04. The summed E-state index contributed by atoms with van der Waals surface area (Å²) < 4.78 is 7.28. The van der Waals surface area contributed by atoms with Crippen molar-refractivity contribution in [3.63, 3.8) is 0 Å². The maximum Gasteiger partial charge on any atom is 0.408 e. The minimum absolute atomic E-state index is 0.285. The Morgan fingerprint density at radius 1 is 1.32 bits per heavy atom. The van der Waals surface area contributed by atoms with E-state index in [4.69, 9.17) is 4.74 Å². The van der Waals surface area contributed by atoms with Crippen LogP contribution in [0.25, 0.3) is 5.65 Å². The fourth-order valence-corrected chi connectivity index (χ4v) is 3.04. The first kappa shape index (κ1) is 17.4. The monoisotopic (exact) mass is 346 g/mol. The molecule has 2 aromatic heterocycles. The summed E-state index contributed by atoms with van der Waals surface area (Å²) in [6.45, 7) is 11.2. The van der Waals surface area contributed by atoms with Crippen LogP contribution in [0.2, 0.25) is 0 Å². The molecule has 2 aromatic rings. The van der Waals surface area contributed by atoms with E-state index in [0.29, 0.717) is 0 Å². The van der Waals surface area contributed by atoms with Crippen molar-refractivity contribution in [2.45, 2.75) is 58.6 Å². The zero-order valence-electron chi connectivity index (χ0n) is 15.5. The van der Waals surface area contributed by atoms with E-state index >= 15 is 0 Å². The summed E-state index contributed by atoms with van der Waals surface area (Å²) in [5.74, 6) is 0.844. The van der Waals surface area contributed by atoms with Crippen LogP contribution in [0.3, 0.4) is 0 Å². The Morgan fingerprint density at radius 3 is 2.64 bits per heavy atom. The number of fused-ring (bicyclic) bond motifs is 1. The number of carbonyl (C=O) groups is 1. The van der Waals surface area contributed by atoms with Gasteiger partial charge in [-0.2, -0.15) is 0 Å². The largest absolute Gasteiger partial charge is 0.444 e. The summed E-state index contributed by atoms with van der Waals surface area (Å²) in [7, 11) is 0. The van der Waals surface area contributed by atoms with Crippen molar-refractivity contribution >= 4 is 17.6 Å². The van der Waals surface area contributed by atoms with Crippen LogP contribution in [0.1, 0.15) is 46.2 Å². The van der Waals surface area contributed by atoms with Crippen LogP contribution in [0.15, 0.2) is 12.5 Å². The number of ether oxygens (including phenoxy) is 1. The second-order valence-electron chi connectivity index (χ2n) is 7.94. The van der Waals surface area contributed by atoms with Crippen LogP contribution in [-0.4, -0.2) is 49.9 Å². The molecular weight excluding hydrogens is 320 g/mol. The Hall–Kier alpha value is -2.38. The predicted molar refractivity (Wildman–Crippen MR) is 94.7 cm³/mol. The van der Waals surface area contributed by atoms with Crippen molar-refractivity contribution < 1.29 is 9.53 Å². The van der Waals surface area contributed by atoms with Gasteiger partial charge in [0.1, 0.15) is 11.9 Å². The highest BCUT2D eigenvalue weighted by Gasteiger charge is 2.34. The van der Waals surface area contributed by atoms with Crippen LogP contribution in [-0.2, 0) is 4.74 Å². The first-order chi connectivity index (χ1) is 11.7. The number of rotatable bonds is 2. The van der Waals surface area contributed by atoms with Crippen molar-refractivity contribution in [2.75, 3.05) is 18.0 Å². The lowest BCUT2D eigenvalue weighted by molar-refractivity contribution is 0.0448. The van der Waals surface area contributed by atoms with Gasteiger partial charge in [-0.15, -0.1) is 10.2 Å². The highest BCUT2D eigenvalue weighted by Crippen LogP contribution is 2.27. The molecule has 0 aliphatic carbocycles. The molecule has 1 fully saturated rings. The lowest BCUT2D eigenvalue weighted by Crippen LogP contribution is -2.54. The third-order valence-electron chi connectivity index (χ3n) is 4.35. The summed E-state index contributed by atoms with van der Waals surface area (Å²) >= 11 is 0. The van der Waals surface area contributed by atoms with Crippen LogP contribution >= 0.6 is 0 Å². The van der Waals surface area contributed by atoms with Gasteiger partial charge in [-0.05, 0) is 47.5 Å². The molecule has 0 spiro atoms. The number of nitrogens with zero attached hydrogens (tertiary/aromatic N) is 5. The molecule has 8 heteroatoms. The van der Waals surface area contributed by atoms with Gasteiger partial charge in [-0.1, -0.05) is 0 Å². The van der Waals surface area contributed by atoms with Gasteiger partial charge in [0.2, 0.25) is 5.65 Å². The lowest BCUT2D eigenvalue weighted by Gasteiger charge is -2.40. The van der Waals surface area contributed by atoms with Crippen LogP contribution in [0, 0.1) is 6.92 Å². The molecule has 0 unspecified atom stereocenters. The molecular formula is C17H26N6O2. The second kappa shape index (κ2) is 6.16. The van der Waals surface area contributed by atoms with Crippen LogP contribution < -0.4 is 10.2 Å². The van der Waals surface area contributed by atoms with Crippen molar-refractivity contribution in [1.82, 2.24) is 24.9 Å². The molecule has 0 atom stereocenters. The van der Waals surface area contributed by atoms with E-state index in [1.54, 1.807) is 6.33 Å². The molecule has 1 aliphatic rings. The van der Waals surface area contributed by atoms with Gasteiger partial charge >= 0.3 is 6.09 Å². The topological polar surface area (TPSA) is 84.7 Å². The zero-order chi connectivity index (χ0) is 18.2. The maximum absolute atomic E-state index is 12.1. The van der Waals surface area contributed by atoms with Crippen molar-refractivity contribution in [3.05, 3.63) is 18.2 Å². The Bertz CT molecular complexity index is 771. The molecule has 1 aliphatic heterocycles. The lowest BCUT2D eigenvalue weighted by atomic mass is 9.90. The van der Waals surface area contributed by atoms with Gasteiger partial charge < -0.3 is 15.0 Å². The summed E-state index contributed by atoms with van der Waals surface area (Å²) in [4.78, 5) is 18.9. The third kappa shape index (κ3) is 4.00. The number of nitrogens with one attached hydrogen (secondary N) is 1. The van der Waals surface area contributed by atoms with E-state index in [-0.39, 0.29) is 11.6 Å². The predicted octanol–water partition coefficient (Wildman–Crippen LogP) is 2.32. The Kier molecular flexibility index (Phi) is 4.30. The summed E-state index contributed by atoms with van der Waals surface area (Å²) in [6.07, 6.45) is 4.85. The molecule has 1 amide bonds. The molecule has 0 saturated carbocycles. The Morgan fingerprint density at radius 2 is 2.00 bits per heavy atom. The average molecular weight is 346 g/mol. The maximum atomic E-state index is 12.1. The minimum atomic E-state index is -0.494. The Labute approximate surface area is 147 Å². The van der Waals surface area contributed by atoms with E-state index in [0.717, 1.165) is 43.1 Å². The smallest absolute Gasteiger partial charge is 0.408 e. The molecule has 3 heterocycles. The van der Waals surface area contributed by atoms with E-state index in [1.807, 2.05) is 38.3 Å². The first-order valence-electron chi connectivity index (χ1n) is 8.58. The van der Waals surface area contributed by atoms with Gasteiger partial charge in [-0.3, -0.25) is 4.40 Å². The number of carbonyl (C=O) groups excluding carboxylic acids is 1. The number of alkyl carbamates (subject to hydrolysis) is 1. The molecule has 0 bridgehead atoms. The molecule has 136 valence electrons. The molecule has 1 N–H and O–H groups in total. The molecule has 0 aromatic carbocycles. The van der Waals surface area contributed by atoms with Gasteiger partial charge in [0.05, 0.1) is 5.69 Å². The summed E-state index contributed by atoms with van der Waals surface area (Å²) in [5.41, 5.74) is 0.898. The fraction of sp³-hybridized carbons (Fsp3) is 0.647. The number of hydrogen-bond acceptors (Lipinski definition) is 6. The van der Waals surface area contributed by atoms with Gasteiger partial charge in [0, 0.05) is 24.8 Å². The average Bonchev–Trinajstić information content (AvgIpc) is 2.92. The quantitative estimate of drug-likeness (QED) is 0.898. The van der Waals surface area contributed by atoms with E-state index in [9.17, 15) is 4.79 Å². The number of anilines is 1. The molecule has 1 saturated heterocycles. The van der Waals surface area contributed by atoms with E-state index < -0.39 is 5.60 Å². The number of piperidine rings is 1.